The average molecular weight is 491 g/mol. The molecule has 4 heterocycles. The number of anilines is 2. The molecule has 1 unspecified atom stereocenters. The van der Waals surface area contributed by atoms with Gasteiger partial charge in [-0.3, -0.25) is 14.1 Å². The van der Waals surface area contributed by atoms with Gasteiger partial charge in [0.05, 0.1) is 17.8 Å². The van der Waals surface area contributed by atoms with Crippen molar-refractivity contribution in [2.24, 2.45) is 0 Å². The molecular formula is C30H30N6O. The number of carbonyl (C=O) groups excluding carboxylic acids is 1. The number of likely N-dealkylation sites (tertiary alicyclic amines) is 1. The molecule has 37 heavy (non-hydrogen) atoms. The quantitative estimate of drug-likeness (QED) is 0.360. The largest absolute Gasteiger partial charge is 0.369 e. The van der Waals surface area contributed by atoms with Gasteiger partial charge in [0.2, 0.25) is 5.95 Å². The van der Waals surface area contributed by atoms with Gasteiger partial charge in [0, 0.05) is 24.0 Å². The summed E-state index contributed by atoms with van der Waals surface area (Å²) in [5.41, 5.74) is 12.4. The number of amides is 1. The van der Waals surface area contributed by atoms with Crippen molar-refractivity contribution in [3.63, 3.8) is 0 Å². The van der Waals surface area contributed by atoms with Gasteiger partial charge >= 0.3 is 0 Å². The van der Waals surface area contributed by atoms with Crippen molar-refractivity contribution < 1.29 is 4.79 Å². The number of pyridine rings is 1. The topological polar surface area (TPSA) is 88.5 Å². The van der Waals surface area contributed by atoms with Crippen LogP contribution in [0.3, 0.4) is 0 Å². The number of nitrogens with two attached hydrogens (primary N) is 1. The number of hydrogen-bond acceptors (Lipinski definition) is 5. The Morgan fingerprint density at radius 1 is 1.08 bits per heavy atom. The maximum absolute atomic E-state index is 12.9. The molecule has 3 N–H and O–H groups in total. The molecule has 4 aromatic rings. The minimum absolute atomic E-state index is 0.174. The molecule has 0 radical (unpaired) electrons. The highest BCUT2D eigenvalue weighted by molar-refractivity contribution is 6.04. The first-order valence-corrected chi connectivity index (χ1v) is 12.9. The lowest BCUT2D eigenvalue weighted by molar-refractivity contribution is 0.102. The first-order chi connectivity index (χ1) is 18.1. The van der Waals surface area contributed by atoms with Crippen LogP contribution in [0.15, 0.2) is 60.9 Å². The highest BCUT2D eigenvalue weighted by Crippen LogP contribution is 2.40. The summed E-state index contributed by atoms with van der Waals surface area (Å²) in [5.74, 6) is 7.71. The van der Waals surface area contributed by atoms with Crippen molar-refractivity contribution in [3.8, 4) is 23.1 Å². The zero-order valence-corrected chi connectivity index (χ0v) is 20.9. The van der Waals surface area contributed by atoms with Gasteiger partial charge in [-0.25, -0.2) is 9.97 Å². The average Bonchev–Trinajstić information content (AvgIpc) is 3.55. The summed E-state index contributed by atoms with van der Waals surface area (Å²) in [6.07, 6.45) is 8.18. The smallest absolute Gasteiger partial charge is 0.256 e. The Kier molecular flexibility index (Phi) is 6.11. The number of nitrogens with zero attached hydrogens (tertiary/aromatic N) is 4. The number of nitrogen functional groups attached to an aromatic ring is 1. The Bertz CT molecular complexity index is 1520. The number of nitrogens with one attached hydrogen (secondary N) is 1. The first kappa shape index (κ1) is 23.3. The molecule has 1 amide bonds. The molecule has 2 aliphatic rings. The molecule has 1 saturated heterocycles. The SMILES string of the molecule is CC#CCN1CCCC1c1cc(-c2ccc(C(=O)Nc3cc(C4CC4)ccn3)cc2)n2c(N)nccc12. The van der Waals surface area contributed by atoms with Crippen LogP contribution in [0.5, 0.6) is 0 Å². The molecule has 1 aliphatic carbocycles. The summed E-state index contributed by atoms with van der Waals surface area (Å²) in [7, 11) is 0. The van der Waals surface area contributed by atoms with E-state index in [1.54, 1.807) is 12.4 Å². The van der Waals surface area contributed by atoms with Crippen molar-refractivity contribution in [2.75, 3.05) is 24.1 Å². The van der Waals surface area contributed by atoms with Crippen LogP contribution in [0.4, 0.5) is 11.8 Å². The van der Waals surface area contributed by atoms with Crippen LogP contribution >= 0.6 is 0 Å². The molecule has 7 heteroatoms. The third kappa shape index (κ3) is 4.56. The van der Waals surface area contributed by atoms with Crippen molar-refractivity contribution in [2.45, 2.75) is 44.6 Å². The number of fused-ring (bicyclic) bond motifs is 1. The molecular weight excluding hydrogens is 460 g/mol. The second-order valence-electron chi connectivity index (χ2n) is 9.84. The van der Waals surface area contributed by atoms with E-state index in [1.165, 1.54) is 24.0 Å². The summed E-state index contributed by atoms with van der Waals surface area (Å²) in [6.45, 7) is 3.68. The van der Waals surface area contributed by atoms with Crippen LogP contribution in [0, 0.1) is 11.8 Å². The Morgan fingerprint density at radius 2 is 1.89 bits per heavy atom. The second kappa shape index (κ2) is 9.72. The number of aromatic nitrogens is 3. The second-order valence-corrected chi connectivity index (χ2v) is 9.84. The molecule has 1 aliphatic heterocycles. The molecule has 1 atom stereocenters. The molecule has 3 aromatic heterocycles. The van der Waals surface area contributed by atoms with E-state index in [2.05, 4.69) is 38.1 Å². The van der Waals surface area contributed by atoms with Crippen LogP contribution < -0.4 is 11.1 Å². The highest BCUT2D eigenvalue weighted by Gasteiger charge is 2.29. The van der Waals surface area contributed by atoms with E-state index < -0.39 is 0 Å². The Labute approximate surface area is 216 Å². The number of benzene rings is 1. The minimum Gasteiger partial charge on any atom is -0.369 e. The fraction of sp³-hybridized carbons (Fsp3) is 0.300. The van der Waals surface area contributed by atoms with Gasteiger partial charge < -0.3 is 11.1 Å². The van der Waals surface area contributed by atoms with Gasteiger partial charge in [0.25, 0.3) is 5.91 Å². The Balaban J connectivity index is 1.29. The summed E-state index contributed by atoms with van der Waals surface area (Å²) in [6, 6.07) is 16.2. The van der Waals surface area contributed by atoms with E-state index in [0.29, 0.717) is 23.2 Å². The number of rotatable bonds is 6. The maximum Gasteiger partial charge on any atom is 0.256 e. The predicted molar refractivity (Wildman–Crippen MR) is 146 cm³/mol. The number of hydrogen-bond donors (Lipinski definition) is 2. The Hall–Kier alpha value is -4.15. The lowest BCUT2D eigenvalue weighted by Gasteiger charge is -2.21. The van der Waals surface area contributed by atoms with Crippen LogP contribution in [0.1, 0.15) is 66.1 Å². The van der Waals surface area contributed by atoms with Crippen molar-refractivity contribution in [1.82, 2.24) is 19.3 Å². The molecule has 1 aromatic carbocycles. The zero-order chi connectivity index (χ0) is 25.4. The summed E-state index contributed by atoms with van der Waals surface area (Å²) < 4.78 is 2.01. The maximum atomic E-state index is 12.9. The summed E-state index contributed by atoms with van der Waals surface area (Å²) in [4.78, 5) is 24.0. The monoisotopic (exact) mass is 490 g/mol. The normalized spacial score (nSPS) is 17.5. The number of carbonyl (C=O) groups is 1. The molecule has 6 rings (SSSR count). The third-order valence-electron chi connectivity index (χ3n) is 7.44. The first-order valence-electron chi connectivity index (χ1n) is 12.9. The molecule has 2 fully saturated rings. The van der Waals surface area contributed by atoms with E-state index in [1.807, 2.05) is 53.8 Å². The summed E-state index contributed by atoms with van der Waals surface area (Å²) >= 11 is 0. The minimum atomic E-state index is -0.174. The Morgan fingerprint density at radius 3 is 2.68 bits per heavy atom. The molecule has 186 valence electrons. The van der Waals surface area contributed by atoms with Crippen molar-refractivity contribution in [1.29, 1.82) is 0 Å². The van der Waals surface area contributed by atoms with E-state index >= 15 is 0 Å². The highest BCUT2D eigenvalue weighted by atomic mass is 16.1. The fourth-order valence-electron chi connectivity index (χ4n) is 5.40. The molecule has 0 bridgehead atoms. The molecule has 0 spiro atoms. The van der Waals surface area contributed by atoms with Gasteiger partial charge in [-0.05, 0) is 98.2 Å². The zero-order valence-electron chi connectivity index (χ0n) is 20.9. The molecule has 1 saturated carbocycles. The van der Waals surface area contributed by atoms with Crippen LogP contribution in [-0.2, 0) is 0 Å². The van der Waals surface area contributed by atoms with Crippen LogP contribution in [0.25, 0.3) is 16.8 Å². The summed E-state index contributed by atoms with van der Waals surface area (Å²) in [5, 5.41) is 2.94. The fourth-order valence-corrected chi connectivity index (χ4v) is 5.40. The van der Waals surface area contributed by atoms with Crippen LogP contribution in [-0.4, -0.2) is 38.3 Å². The standard InChI is InChI=1S/C30H30N6O/c1-2-3-16-35-17-4-5-25(35)24-19-27(36-26(24)13-15-33-30(36)31)21-8-10-22(11-9-21)29(37)34-28-18-23(12-14-32-28)20-6-7-20/h8-15,18-20,25H,4-7,16-17H2,1H3,(H2,31,33)(H,32,34,37). The van der Waals surface area contributed by atoms with E-state index in [0.717, 1.165) is 42.7 Å². The third-order valence-corrected chi connectivity index (χ3v) is 7.44. The molecule has 7 nitrogen and oxygen atoms in total. The van der Waals surface area contributed by atoms with Gasteiger partial charge in [-0.2, -0.15) is 0 Å². The van der Waals surface area contributed by atoms with E-state index in [9.17, 15) is 4.79 Å². The van der Waals surface area contributed by atoms with Crippen molar-refractivity contribution in [3.05, 3.63) is 77.6 Å². The van der Waals surface area contributed by atoms with Gasteiger partial charge in [0.1, 0.15) is 5.82 Å². The lowest BCUT2D eigenvalue weighted by atomic mass is 10.0. The van der Waals surface area contributed by atoms with Gasteiger partial charge in [0.15, 0.2) is 0 Å². The van der Waals surface area contributed by atoms with Crippen LogP contribution in [0.2, 0.25) is 0 Å². The predicted octanol–water partition coefficient (Wildman–Crippen LogP) is 5.27. The van der Waals surface area contributed by atoms with E-state index in [4.69, 9.17) is 5.73 Å². The van der Waals surface area contributed by atoms with Gasteiger partial charge in [-0.1, -0.05) is 18.1 Å². The lowest BCUT2D eigenvalue weighted by Crippen LogP contribution is -2.23. The van der Waals surface area contributed by atoms with Gasteiger partial charge in [-0.15, -0.1) is 5.92 Å². The van der Waals surface area contributed by atoms with Crippen molar-refractivity contribution >= 4 is 23.2 Å². The van der Waals surface area contributed by atoms with E-state index in [-0.39, 0.29) is 11.9 Å².